The summed E-state index contributed by atoms with van der Waals surface area (Å²) < 4.78 is 0. The van der Waals surface area contributed by atoms with Crippen LogP contribution in [0.5, 0.6) is 0 Å². The van der Waals surface area contributed by atoms with Crippen molar-refractivity contribution in [3.8, 4) is 0 Å². The van der Waals surface area contributed by atoms with Crippen molar-refractivity contribution in [3.63, 3.8) is 0 Å². The van der Waals surface area contributed by atoms with Gasteiger partial charge in [-0.1, -0.05) is 6.92 Å². The van der Waals surface area contributed by atoms with Crippen LogP contribution in [0.15, 0.2) is 12.3 Å². The molecule has 2 aromatic heterocycles. The molecule has 26 heavy (non-hydrogen) atoms. The topological polar surface area (TPSA) is 112 Å². The van der Waals surface area contributed by atoms with Crippen molar-refractivity contribution in [1.29, 1.82) is 0 Å². The molecular weight excluding hydrogens is 334 g/mol. The highest BCUT2D eigenvalue weighted by Crippen LogP contribution is 2.18. The fourth-order valence-electron chi connectivity index (χ4n) is 2.62. The van der Waals surface area contributed by atoms with E-state index >= 15 is 0 Å². The van der Waals surface area contributed by atoms with Gasteiger partial charge in [-0.3, -0.25) is 4.79 Å². The van der Waals surface area contributed by atoms with Crippen LogP contribution < -0.4 is 15.5 Å². The molecule has 2 N–H and O–H groups in total. The molecule has 0 atom stereocenters. The van der Waals surface area contributed by atoms with E-state index in [1.807, 2.05) is 6.92 Å². The minimum atomic E-state index is -0.258. The van der Waals surface area contributed by atoms with E-state index < -0.39 is 0 Å². The number of anilines is 3. The van der Waals surface area contributed by atoms with Crippen molar-refractivity contribution < 1.29 is 4.79 Å². The summed E-state index contributed by atoms with van der Waals surface area (Å²) in [7, 11) is 3.67. The molecule has 3 rings (SSSR count). The lowest BCUT2D eigenvalue weighted by Crippen LogP contribution is -2.45. The molecule has 1 saturated heterocycles. The SMILES string of the molecule is CCc1nc(Nc2nnccc2C(=O)NC)nc(N2CCN(C)CC2)n1. The molecule has 3 heterocycles. The number of carbonyl (C=O) groups is 1. The predicted octanol–water partition coefficient (Wildman–Crippen LogP) is 0.0790. The van der Waals surface area contributed by atoms with Gasteiger partial charge in [0, 0.05) is 39.6 Å². The second-order valence-electron chi connectivity index (χ2n) is 6.02. The standard InChI is InChI=1S/C16H23N9O/c1-4-12-19-15(21-13-11(14(26)17-2)5-6-18-23-13)22-16(20-12)25-9-7-24(3)8-10-25/h5-6H,4,7-10H2,1-3H3,(H,17,26)(H,19,20,21,22,23). The van der Waals surface area contributed by atoms with Gasteiger partial charge in [0.05, 0.1) is 11.8 Å². The normalized spacial score (nSPS) is 15.0. The lowest BCUT2D eigenvalue weighted by molar-refractivity contribution is 0.0963. The molecule has 0 aliphatic carbocycles. The number of piperazine rings is 1. The molecule has 0 radical (unpaired) electrons. The van der Waals surface area contributed by atoms with Crippen LogP contribution in [0.25, 0.3) is 0 Å². The number of carbonyl (C=O) groups excluding carboxylic acids is 1. The van der Waals surface area contributed by atoms with Gasteiger partial charge in [-0.2, -0.15) is 20.1 Å². The minimum Gasteiger partial charge on any atom is -0.355 e. The Hall–Kier alpha value is -2.88. The number of aryl methyl sites for hydroxylation is 1. The quantitative estimate of drug-likeness (QED) is 0.768. The number of aromatic nitrogens is 5. The van der Waals surface area contributed by atoms with Gasteiger partial charge in [-0.05, 0) is 13.1 Å². The lowest BCUT2D eigenvalue weighted by atomic mass is 10.2. The Morgan fingerprint density at radius 1 is 1.19 bits per heavy atom. The Morgan fingerprint density at radius 3 is 2.65 bits per heavy atom. The molecule has 0 bridgehead atoms. The monoisotopic (exact) mass is 357 g/mol. The summed E-state index contributed by atoms with van der Waals surface area (Å²) in [5, 5.41) is 13.5. The average molecular weight is 357 g/mol. The molecule has 0 spiro atoms. The maximum atomic E-state index is 12.0. The van der Waals surface area contributed by atoms with Gasteiger partial charge in [0.1, 0.15) is 5.82 Å². The van der Waals surface area contributed by atoms with E-state index in [1.165, 1.54) is 6.20 Å². The molecule has 1 aliphatic rings. The minimum absolute atomic E-state index is 0.258. The first-order valence-electron chi connectivity index (χ1n) is 8.60. The summed E-state index contributed by atoms with van der Waals surface area (Å²) in [5.41, 5.74) is 0.377. The zero-order valence-corrected chi connectivity index (χ0v) is 15.2. The number of amides is 1. The Bertz CT molecular complexity index is 774. The third kappa shape index (κ3) is 4.02. The fourth-order valence-corrected chi connectivity index (χ4v) is 2.62. The van der Waals surface area contributed by atoms with Gasteiger partial charge in [0.2, 0.25) is 11.9 Å². The lowest BCUT2D eigenvalue weighted by Gasteiger charge is -2.32. The van der Waals surface area contributed by atoms with Gasteiger partial charge < -0.3 is 20.4 Å². The summed E-state index contributed by atoms with van der Waals surface area (Å²) in [6, 6.07) is 1.59. The van der Waals surface area contributed by atoms with Gasteiger partial charge >= 0.3 is 0 Å². The molecule has 138 valence electrons. The Morgan fingerprint density at radius 2 is 1.96 bits per heavy atom. The maximum absolute atomic E-state index is 12.0. The fraction of sp³-hybridized carbons (Fsp3) is 0.500. The summed E-state index contributed by atoms with van der Waals surface area (Å²) in [5.74, 6) is 1.73. The molecule has 1 fully saturated rings. The Balaban J connectivity index is 1.89. The summed E-state index contributed by atoms with van der Waals surface area (Å²) in [6.07, 6.45) is 2.15. The number of hydrogen-bond acceptors (Lipinski definition) is 9. The first kappa shape index (κ1) is 17.9. The van der Waals surface area contributed by atoms with Crippen LogP contribution in [-0.2, 0) is 6.42 Å². The van der Waals surface area contributed by atoms with E-state index in [1.54, 1.807) is 13.1 Å². The number of rotatable bonds is 5. The van der Waals surface area contributed by atoms with E-state index in [4.69, 9.17) is 0 Å². The highest BCUT2D eigenvalue weighted by atomic mass is 16.1. The third-order valence-electron chi connectivity index (χ3n) is 4.19. The Labute approximate surface area is 152 Å². The van der Waals surface area contributed by atoms with Crippen molar-refractivity contribution in [2.24, 2.45) is 0 Å². The summed E-state index contributed by atoms with van der Waals surface area (Å²) >= 11 is 0. The molecule has 2 aromatic rings. The van der Waals surface area contributed by atoms with Crippen LogP contribution in [0.3, 0.4) is 0 Å². The summed E-state index contributed by atoms with van der Waals surface area (Å²) in [6.45, 7) is 5.63. The van der Waals surface area contributed by atoms with E-state index in [0.29, 0.717) is 35.5 Å². The summed E-state index contributed by atoms with van der Waals surface area (Å²) in [4.78, 5) is 29.9. The van der Waals surface area contributed by atoms with Crippen LogP contribution in [0, 0.1) is 0 Å². The van der Waals surface area contributed by atoms with Gasteiger partial charge in [0.25, 0.3) is 5.91 Å². The van der Waals surface area contributed by atoms with Crippen molar-refractivity contribution in [1.82, 2.24) is 35.4 Å². The maximum Gasteiger partial charge on any atom is 0.254 e. The van der Waals surface area contributed by atoms with E-state index in [9.17, 15) is 4.79 Å². The number of nitrogens with zero attached hydrogens (tertiary/aromatic N) is 7. The van der Waals surface area contributed by atoms with E-state index in [0.717, 1.165) is 26.2 Å². The zero-order valence-electron chi connectivity index (χ0n) is 15.2. The van der Waals surface area contributed by atoms with Gasteiger partial charge in [0.15, 0.2) is 5.82 Å². The molecule has 1 aliphatic heterocycles. The molecular formula is C16H23N9O. The molecule has 10 heteroatoms. The van der Waals surface area contributed by atoms with Crippen LogP contribution >= 0.6 is 0 Å². The van der Waals surface area contributed by atoms with Crippen molar-refractivity contribution in [2.75, 3.05) is 50.5 Å². The first-order valence-corrected chi connectivity index (χ1v) is 8.60. The van der Waals surface area contributed by atoms with Crippen molar-refractivity contribution in [2.45, 2.75) is 13.3 Å². The molecule has 1 amide bonds. The smallest absolute Gasteiger partial charge is 0.254 e. The van der Waals surface area contributed by atoms with Gasteiger partial charge in [-0.25, -0.2) is 0 Å². The third-order valence-corrected chi connectivity index (χ3v) is 4.19. The second-order valence-corrected chi connectivity index (χ2v) is 6.02. The van der Waals surface area contributed by atoms with Crippen LogP contribution in [-0.4, -0.2) is 76.2 Å². The number of likely N-dealkylation sites (N-methyl/N-ethyl adjacent to an activating group) is 1. The number of nitrogens with one attached hydrogen (secondary N) is 2. The number of hydrogen-bond donors (Lipinski definition) is 2. The van der Waals surface area contributed by atoms with Crippen molar-refractivity contribution in [3.05, 3.63) is 23.7 Å². The second kappa shape index (κ2) is 8.00. The first-order chi connectivity index (χ1) is 12.6. The van der Waals surface area contributed by atoms with Crippen LogP contribution in [0.4, 0.5) is 17.7 Å². The Kier molecular flexibility index (Phi) is 5.52. The molecule has 0 saturated carbocycles. The largest absolute Gasteiger partial charge is 0.355 e. The van der Waals surface area contributed by atoms with Gasteiger partial charge in [-0.15, -0.1) is 5.10 Å². The van der Waals surface area contributed by atoms with E-state index in [-0.39, 0.29) is 5.91 Å². The van der Waals surface area contributed by atoms with Crippen molar-refractivity contribution >= 4 is 23.6 Å². The molecule has 0 aromatic carbocycles. The predicted molar refractivity (Wildman–Crippen MR) is 97.6 cm³/mol. The van der Waals surface area contributed by atoms with E-state index in [2.05, 4.69) is 52.6 Å². The van der Waals surface area contributed by atoms with Crippen LogP contribution in [0.1, 0.15) is 23.1 Å². The molecule has 10 nitrogen and oxygen atoms in total. The highest BCUT2D eigenvalue weighted by Gasteiger charge is 2.19. The zero-order chi connectivity index (χ0) is 18.5. The van der Waals surface area contributed by atoms with Crippen LogP contribution in [0.2, 0.25) is 0 Å². The highest BCUT2D eigenvalue weighted by molar-refractivity contribution is 5.98. The molecule has 0 unspecified atom stereocenters. The average Bonchev–Trinajstić information content (AvgIpc) is 2.68.